The van der Waals surface area contributed by atoms with Crippen molar-refractivity contribution >= 4 is 22.9 Å². The normalized spacial score (nSPS) is 10.7. The van der Waals surface area contributed by atoms with Gasteiger partial charge in [0.1, 0.15) is 10.6 Å². The Bertz CT molecular complexity index is 1160. The van der Waals surface area contributed by atoms with Crippen molar-refractivity contribution < 1.29 is 14.1 Å². The molecule has 2 aromatic heterocycles. The molecule has 4 aromatic rings. The summed E-state index contributed by atoms with van der Waals surface area (Å²) in [5.74, 6) is 1.39. The number of hydrogen-bond acceptors (Lipinski definition) is 6. The zero-order valence-electron chi connectivity index (χ0n) is 16.2. The summed E-state index contributed by atoms with van der Waals surface area (Å²) in [7, 11) is 1.60. The molecule has 1 amide bonds. The van der Waals surface area contributed by atoms with E-state index in [1.807, 2.05) is 55.6 Å². The maximum Gasteiger partial charge on any atom is 0.270 e. The van der Waals surface area contributed by atoms with Crippen molar-refractivity contribution in [3.63, 3.8) is 0 Å². The van der Waals surface area contributed by atoms with Gasteiger partial charge >= 0.3 is 0 Å². The van der Waals surface area contributed by atoms with Crippen LogP contribution in [0.25, 0.3) is 22.2 Å². The van der Waals surface area contributed by atoms with Gasteiger partial charge in [0.2, 0.25) is 5.82 Å². The Labute approximate surface area is 172 Å². The number of thiophene rings is 1. The number of methoxy groups -OCH3 is 1. The third-order valence-corrected chi connectivity index (χ3v) is 5.42. The van der Waals surface area contributed by atoms with Gasteiger partial charge < -0.3 is 14.6 Å². The first-order valence-corrected chi connectivity index (χ1v) is 9.87. The van der Waals surface area contributed by atoms with E-state index in [0.29, 0.717) is 28.7 Å². The van der Waals surface area contributed by atoms with Crippen LogP contribution in [0.4, 0.5) is 5.69 Å². The average molecular weight is 405 g/mol. The topological polar surface area (TPSA) is 77.2 Å². The lowest BCUT2D eigenvalue weighted by atomic mass is 10.1. The van der Waals surface area contributed by atoms with Gasteiger partial charge in [-0.3, -0.25) is 4.79 Å². The fraction of sp³-hybridized carbons (Fsp3) is 0.136. The van der Waals surface area contributed by atoms with Crippen molar-refractivity contribution in [2.75, 3.05) is 12.4 Å². The smallest absolute Gasteiger partial charge is 0.270 e. The summed E-state index contributed by atoms with van der Waals surface area (Å²) in [6.45, 7) is 3.90. The van der Waals surface area contributed by atoms with Gasteiger partial charge in [-0.15, -0.1) is 11.3 Å². The Kier molecular flexibility index (Phi) is 5.14. The molecular formula is C22H19N3O3S. The van der Waals surface area contributed by atoms with E-state index in [4.69, 9.17) is 9.26 Å². The van der Waals surface area contributed by atoms with Crippen LogP contribution in [-0.4, -0.2) is 23.2 Å². The number of aryl methyl sites for hydroxylation is 2. The van der Waals surface area contributed by atoms with Crippen LogP contribution in [0, 0.1) is 13.8 Å². The average Bonchev–Trinajstić information content (AvgIpc) is 3.37. The molecule has 0 radical (unpaired) electrons. The SMILES string of the molecule is COc1ccc(C(=O)Nc2ccsc2-c2nc(-c3ccc(C)cc3)no2)c(C)c1. The molecule has 1 N–H and O–H groups in total. The number of nitrogens with zero attached hydrogens (tertiary/aromatic N) is 2. The first kappa shape index (κ1) is 18.9. The summed E-state index contributed by atoms with van der Waals surface area (Å²) in [4.78, 5) is 18.0. The lowest BCUT2D eigenvalue weighted by Crippen LogP contribution is -2.13. The highest BCUT2D eigenvalue weighted by molar-refractivity contribution is 7.14. The molecule has 7 heteroatoms. The maximum atomic E-state index is 12.8. The molecule has 0 aliphatic heterocycles. The molecule has 0 atom stereocenters. The van der Waals surface area contributed by atoms with Crippen molar-refractivity contribution in [3.05, 3.63) is 70.6 Å². The van der Waals surface area contributed by atoms with Gasteiger partial charge in [0.25, 0.3) is 11.8 Å². The summed E-state index contributed by atoms with van der Waals surface area (Å²) < 4.78 is 10.7. The van der Waals surface area contributed by atoms with Crippen molar-refractivity contribution in [2.45, 2.75) is 13.8 Å². The summed E-state index contributed by atoms with van der Waals surface area (Å²) in [5.41, 5.74) is 4.08. The highest BCUT2D eigenvalue weighted by Gasteiger charge is 2.18. The quantitative estimate of drug-likeness (QED) is 0.485. The summed E-state index contributed by atoms with van der Waals surface area (Å²) in [6, 6.07) is 15.1. The third-order valence-electron chi connectivity index (χ3n) is 4.52. The lowest BCUT2D eigenvalue weighted by Gasteiger charge is -2.09. The molecule has 0 saturated heterocycles. The third kappa shape index (κ3) is 3.90. The van der Waals surface area contributed by atoms with E-state index < -0.39 is 0 Å². The molecule has 0 aliphatic carbocycles. The molecular weight excluding hydrogens is 386 g/mol. The van der Waals surface area contributed by atoms with Crippen LogP contribution in [0.1, 0.15) is 21.5 Å². The molecule has 29 heavy (non-hydrogen) atoms. The fourth-order valence-corrected chi connectivity index (χ4v) is 3.69. The monoisotopic (exact) mass is 405 g/mol. The summed E-state index contributed by atoms with van der Waals surface area (Å²) in [6.07, 6.45) is 0. The van der Waals surface area contributed by atoms with Gasteiger partial charge in [0, 0.05) is 11.1 Å². The van der Waals surface area contributed by atoms with Crippen LogP contribution < -0.4 is 10.1 Å². The standard InChI is InChI=1S/C22H19N3O3S/c1-13-4-6-15(7-5-13)20-24-22(28-25-20)19-18(10-11-29-19)23-21(26)17-9-8-16(27-3)12-14(17)2/h4-12H,1-3H3,(H,23,26). The first-order chi connectivity index (χ1) is 14.0. The van der Waals surface area contributed by atoms with Crippen LogP contribution in [0.15, 0.2) is 58.4 Å². The van der Waals surface area contributed by atoms with E-state index in [-0.39, 0.29) is 5.91 Å². The molecule has 0 aliphatic rings. The minimum Gasteiger partial charge on any atom is -0.497 e. The number of anilines is 1. The summed E-state index contributed by atoms with van der Waals surface area (Å²) >= 11 is 1.43. The first-order valence-electron chi connectivity index (χ1n) is 9.00. The van der Waals surface area contributed by atoms with Crippen molar-refractivity contribution in [3.8, 4) is 27.9 Å². The molecule has 6 nitrogen and oxygen atoms in total. The highest BCUT2D eigenvalue weighted by atomic mass is 32.1. The molecule has 0 fully saturated rings. The van der Waals surface area contributed by atoms with E-state index in [1.54, 1.807) is 19.2 Å². The molecule has 146 valence electrons. The van der Waals surface area contributed by atoms with Crippen molar-refractivity contribution in [1.82, 2.24) is 10.1 Å². The molecule has 0 saturated carbocycles. The molecule has 0 bridgehead atoms. The van der Waals surface area contributed by atoms with E-state index in [1.165, 1.54) is 11.3 Å². The van der Waals surface area contributed by atoms with E-state index in [2.05, 4.69) is 15.5 Å². The number of ether oxygens (including phenoxy) is 1. The number of amides is 1. The van der Waals surface area contributed by atoms with E-state index >= 15 is 0 Å². The van der Waals surface area contributed by atoms with Crippen molar-refractivity contribution in [2.24, 2.45) is 0 Å². The number of nitrogens with one attached hydrogen (secondary N) is 1. The van der Waals surface area contributed by atoms with Gasteiger partial charge in [-0.25, -0.2) is 0 Å². The fourth-order valence-electron chi connectivity index (χ4n) is 2.92. The van der Waals surface area contributed by atoms with Crippen LogP contribution in [-0.2, 0) is 0 Å². The Morgan fingerprint density at radius 1 is 1.10 bits per heavy atom. The van der Waals surface area contributed by atoms with Crippen LogP contribution in [0.5, 0.6) is 5.75 Å². The summed E-state index contributed by atoms with van der Waals surface area (Å²) in [5, 5.41) is 8.90. The zero-order chi connectivity index (χ0) is 20.4. The molecule has 2 aromatic carbocycles. The van der Waals surface area contributed by atoms with Gasteiger partial charge in [-0.1, -0.05) is 35.0 Å². The van der Waals surface area contributed by atoms with Crippen LogP contribution in [0.2, 0.25) is 0 Å². The second kappa shape index (κ2) is 7.89. The van der Waals surface area contributed by atoms with Gasteiger partial charge in [0.05, 0.1) is 12.8 Å². The van der Waals surface area contributed by atoms with Gasteiger partial charge in [-0.2, -0.15) is 4.98 Å². The minimum atomic E-state index is -0.205. The maximum absolute atomic E-state index is 12.8. The van der Waals surface area contributed by atoms with E-state index in [9.17, 15) is 4.79 Å². The number of benzene rings is 2. The largest absolute Gasteiger partial charge is 0.497 e. The van der Waals surface area contributed by atoms with Gasteiger partial charge in [0.15, 0.2) is 0 Å². The van der Waals surface area contributed by atoms with Gasteiger partial charge in [-0.05, 0) is 49.1 Å². The predicted molar refractivity (Wildman–Crippen MR) is 113 cm³/mol. The van der Waals surface area contributed by atoms with E-state index in [0.717, 1.165) is 21.6 Å². The minimum absolute atomic E-state index is 0.205. The van der Waals surface area contributed by atoms with Crippen LogP contribution >= 0.6 is 11.3 Å². The predicted octanol–water partition coefficient (Wildman–Crippen LogP) is 5.34. The molecule has 4 rings (SSSR count). The lowest BCUT2D eigenvalue weighted by molar-refractivity contribution is 0.102. The Balaban J connectivity index is 1.58. The Morgan fingerprint density at radius 2 is 1.90 bits per heavy atom. The highest BCUT2D eigenvalue weighted by Crippen LogP contribution is 2.34. The Hall–Kier alpha value is -3.45. The Morgan fingerprint density at radius 3 is 2.62 bits per heavy atom. The zero-order valence-corrected chi connectivity index (χ0v) is 17.0. The number of rotatable bonds is 5. The number of carbonyl (C=O) groups excluding carboxylic acids is 1. The van der Waals surface area contributed by atoms with Crippen molar-refractivity contribution in [1.29, 1.82) is 0 Å². The number of hydrogen-bond donors (Lipinski definition) is 1. The molecule has 0 spiro atoms. The second-order valence-electron chi connectivity index (χ2n) is 6.59. The van der Waals surface area contributed by atoms with Crippen LogP contribution in [0.3, 0.4) is 0 Å². The number of aromatic nitrogens is 2. The second-order valence-corrected chi connectivity index (χ2v) is 7.50. The molecule has 2 heterocycles. The molecule has 0 unspecified atom stereocenters. The number of carbonyl (C=O) groups is 1.